The van der Waals surface area contributed by atoms with E-state index in [1.54, 1.807) is 0 Å². The molecule has 1 atom stereocenters. The van der Waals surface area contributed by atoms with Crippen molar-refractivity contribution < 1.29 is 14.7 Å². The van der Waals surface area contributed by atoms with Crippen LogP contribution in [0.25, 0.3) is 0 Å². The maximum absolute atomic E-state index is 11.8. The Kier molecular flexibility index (Phi) is 3.97. The van der Waals surface area contributed by atoms with Crippen molar-refractivity contribution in [1.82, 2.24) is 5.32 Å². The first-order valence-electron chi connectivity index (χ1n) is 6.21. The number of rotatable bonds is 6. The van der Waals surface area contributed by atoms with Crippen LogP contribution in [0, 0.1) is 0 Å². The normalized spacial score (nSPS) is 16.0. The van der Waals surface area contributed by atoms with Gasteiger partial charge < -0.3 is 10.4 Å². The first kappa shape index (κ1) is 12.6. The quantitative estimate of drug-likeness (QED) is 0.807. The highest BCUT2D eigenvalue weighted by molar-refractivity contribution is 5.78. The molecule has 1 aliphatic carbocycles. The third-order valence-electron chi connectivity index (χ3n) is 3.07. The van der Waals surface area contributed by atoms with Crippen molar-refractivity contribution in [2.75, 3.05) is 0 Å². The molecule has 1 saturated carbocycles. The van der Waals surface area contributed by atoms with Gasteiger partial charge in [0.05, 0.1) is 6.42 Å². The van der Waals surface area contributed by atoms with Crippen molar-refractivity contribution in [2.45, 2.75) is 37.6 Å². The fourth-order valence-corrected chi connectivity index (χ4v) is 1.98. The molecule has 1 amide bonds. The summed E-state index contributed by atoms with van der Waals surface area (Å²) in [5, 5.41) is 11.8. The van der Waals surface area contributed by atoms with E-state index in [1.165, 1.54) is 0 Å². The van der Waals surface area contributed by atoms with E-state index in [9.17, 15) is 9.59 Å². The van der Waals surface area contributed by atoms with E-state index in [0.717, 1.165) is 18.4 Å². The third-order valence-corrected chi connectivity index (χ3v) is 3.07. The van der Waals surface area contributed by atoms with Crippen molar-refractivity contribution >= 4 is 11.9 Å². The van der Waals surface area contributed by atoms with Crippen LogP contribution in [0.5, 0.6) is 0 Å². The van der Waals surface area contributed by atoms with E-state index >= 15 is 0 Å². The highest BCUT2D eigenvalue weighted by Gasteiger charge is 2.25. The molecule has 0 aromatic heterocycles. The fourth-order valence-electron chi connectivity index (χ4n) is 1.98. The van der Waals surface area contributed by atoms with Crippen molar-refractivity contribution in [3.05, 3.63) is 35.9 Å². The number of carboxylic acids is 1. The van der Waals surface area contributed by atoms with Gasteiger partial charge in [0.15, 0.2) is 0 Å². The summed E-state index contributed by atoms with van der Waals surface area (Å²) in [5.41, 5.74) is 0.908. The summed E-state index contributed by atoms with van der Waals surface area (Å²) in [4.78, 5) is 22.6. The minimum Gasteiger partial charge on any atom is -0.481 e. The number of carboxylic acid groups (broad SMARTS) is 1. The molecule has 1 aromatic carbocycles. The molecule has 96 valence electrons. The number of hydrogen-bond acceptors (Lipinski definition) is 2. The molecule has 0 radical (unpaired) electrons. The maximum atomic E-state index is 11.8. The lowest BCUT2D eigenvalue weighted by Gasteiger charge is -2.15. The molecule has 4 nitrogen and oxygen atoms in total. The Morgan fingerprint density at radius 3 is 2.44 bits per heavy atom. The molecule has 18 heavy (non-hydrogen) atoms. The standard InChI is InChI=1S/C14H17NO3/c16-13(15-12-6-7-12)8-11(9-14(17)18)10-4-2-1-3-5-10/h1-5,11-12H,6-9H2,(H,15,16)(H,17,18)/t11-/m1/s1. The maximum Gasteiger partial charge on any atom is 0.303 e. The summed E-state index contributed by atoms with van der Waals surface area (Å²) < 4.78 is 0. The summed E-state index contributed by atoms with van der Waals surface area (Å²) in [6, 6.07) is 9.67. The molecule has 0 bridgehead atoms. The highest BCUT2D eigenvalue weighted by atomic mass is 16.4. The Labute approximate surface area is 106 Å². The Morgan fingerprint density at radius 2 is 1.89 bits per heavy atom. The lowest BCUT2D eigenvalue weighted by Crippen LogP contribution is -2.27. The monoisotopic (exact) mass is 247 g/mol. The van der Waals surface area contributed by atoms with E-state index in [2.05, 4.69) is 5.32 Å². The van der Waals surface area contributed by atoms with Gasteiger partial charge in [0, 0.05) is 18.4 Å². The van der Waals surface area contributed by atoms with Crippen LogP contribution < -0.4 is 5.32 Å². The number of carbonyl (C=O) groups is 2. The van der Waals surface area contributed by atoms with Crippen LogP contribution in [0.2, 0.25) is 0 Å². The van der Waals surface area contributed by atoms with E-state index in [0.29, 0.717) is 6.04 Å². The molecular weight excluding hydrogens is 230 g/mol. The van der Waals surface area contributed by atoms with Gasteiger partial charge in [-0.05, 0) is 18.4 Å². The van der Waals surface area contributed by atoms with E-state index in [4.69, 9.17) is 5.11 Å². The summed E-state index contributed by atoms with van der Waals surface area (Å²) in [6.45, 7) is 0. The summed E-state index contributed by atoms with van der Waals surface area (Å²) in [5.74, 6) is -1.17. The second-order valence-electron chi connectivity index (χ2n) is 4.75. The third kappa shape index (κ3) is 3.87. The number of amides is 1. The zero-order chi connectivity index (χ0) is 13.0. The number of nitrogens with one attached hydrogen (secondary N) is 1. The van der Waals surface area contributed by atoms with Gasteiger partial charge in [0.2, 0.25) is 5.91 Å². The summed E-state index contributed by atoms with van der Waals surface area (Å²) >= 11 is 0. The SMILES string of the molecule is O=C(O)C[C@@H](CC(=O)NC1CC1)c1ccccc1. The molecule has 1 aromatic rings. The Balaban J connectivity index is 1.99. The van der Waals surface area contributed by atoms with Crippen LogP contribution in [0.15, 0.2) is 30.3 Å². The average Bonchev–Trinajstić information content (AvgIpc) is 3.12. The van der Waals surface area contributed by atoms with Crippen molar-refractivity contribution in [1.29, 1.82) is 0 Å². The van der Waals surface area contributed by atoms with E-state index in [-0.39, 0.29) is 24.7 Å². The van der Waals surface area contributed by atoms with Crippen molar-refractivity contribution in [3.8, 4) is 0 Å². The molecule has 2 N–H and O–H groups in total. The molecule has 0 unspecified atom stereocenters. The number of benzene rings is 1. The molecule has 0 heterocycles. The van der Waals surface area contributed by atoms with Crippen LogP contribution in [0.3, 0.4) is 0 Å². The number of hydrogen-bond donors (Lipinski definition) is 2. The summed E-state index contributed by atoms with van der Waals surface area (Å²) in [6.07, 6.45) is 2.32. The van der Waals surface area contributed by atoms with Gasteiger partial charge in [0.25, 0.3) is 0 Å². The topological polar surface area (TPSA) is 66.4 Å². The second-order valence-corrected chi connectivity index (χ2v) is 4.75. The van der Waals surface area contributed by atoms with Crippen LogP contribution in [-0.4, -0.2) is 23.0 Å². The minimum atomic E-state index is -0.872. The fraction of sp³-hybridized carbons (Fsp3) is 0.429. The lowest BCUT2D eigenvalue weighted by atomic mass is 9.92. The highest BCUT2D eigenvalue weighted by Crippen LogP contribution is 2.25. The van der Waals surface area contributed by atoms with Crippen LogP contribution >= 0.6 is 0 Å². The zero-order valence-corrected chi connectivity index (χ0v) is 10.1. The largest absolute Gasteiger partial charge is 0.481 e. The van der Waals surface area contributed by atoms with Crippen LogP contribution in [0.4, 0.5) is 0 Å². The number of carbonyl (C=O) groups excluding carboxylic acids is 1. The first-order valence-corrected chi connectivity index (χ1v) is 6.21. The van der Waals surface area contributed by atoms with Crippen molar-refractivity contribution in [3.63, 3.8) is 0 Å². The minimum absolute atomic E-state index is 0.0118. The molecule has 0 saturated heterocycles. The molecule has 0 spiro atoms. The van der Waals surface area contributed by atoms with E-state index < -0.39 is 5.97 Å². The van der Waals surface area contributed by atoms with Crippen LogP contribution in [0.1, 0.15) is 37.2 Å². The van der Waals surface area contributed by atoms with Gasteiger partial charge in [-0.3, -0.25) is 9.59 Å². The Bertz CT molecular complexity index is 426. The van der Waals surface area contributed by atoms with Gasteiger partial charge in [-0.1, -0.05) is 30.3 Å². The van der Waals surface area contributed by atoms with Gasteiger partial charge in [-0.25, -0.2) is 0 Å². The molecule has 1 aliphatic rings. The average molecular weight is 247 g/mol. The van der Waals surface area contributed by atoms with Gasteiger partial charge in [-0.2, -0.15) is 0 Å². The zero-order valence-electron chi connectivity index (χ0n) is 10.1. The van der Waals surface area contributed by atoms with E-state index in [1.807, 2.05) is 30.3 Å². The van der Waals surface area contributed by atoms with Crippen LogP contribution in [-0.2, 0) is 9.59 Å². The molecular formula is C14H17NO3. The molecule has 2 rings (SSSR count). The Hall–Kier alpha value is -1.84. The number of aliphatic carboxylic acids is 1. The summed E-state index contributed by atoms with van der Waals surface area (Å²) in [7, 11) is 0. The smallest absolute Gasteiger partial charge is 0.303 e. The predicted molar refractivity (Wildman–Crippen MR) is 67.2 cm³/mol. The second kappa shape index (κ2) is 5.67. The van der Waals surface area contributed by atoms with Gasteiger partial charge in [0.1, 0.15) is 0 Å². The predicted octanol–water partition coefficient (Wildman–Crippen LogP) is 1.91. The lowest BCUT2D eigenvalue weighted by molar-refractivity contribution is -0.137. The van der Waals surface area contributed by atoms with Gasteiger partial charge >= 0.3 is 5.97 Å². The van der Waals surface area contributed by atoms with Gasteiger partial charge in [-0.15, -0.1) is 0 Å². The molecule has 0 aliphatic heterocycles. The molecule has 1 fully saturated rings. The first-order chi connectivity index (χ1) is 8.65. The molecule has 4 heteroatoms. The Morgan fingerprint density at radius 1 is 1.22 bits per heavy atom. The van der Waals surface area contributed by atoms with Crippen molar-refractivity contribution in [2.24, 2.45) is 0 Å².